The van der Waals surface area contributed by atoms with Crippen LogP contribution in [0, 0.1) is 11.8 Å². The maximum atomic E-state index is 12.3. The SMILES string of the molecule is CC1CCN(C(=O)C2CCOC2)C(CN)C1. The van der Waals surface area contributed by atoms with Crippen LogP contribution in [-0.2, 0) is 9.53 Å². The Kier molecular flexibility index (Phi) is 3.82. The molecule has 4 heteroatoms. The summed E-state index contributed by atoms with van der Waals surface area (Å²) in [7, 11) is 0. The average Bonchev–Trinajstić information content (AvgIpc) is 2.81. The predicted octanol–water partition coefficient (Wildman–Crippen LogP) is 0.609. The van der Waals surface area contributed by atoms with Crippen LogP contribution in [0.5, 0.6) is 0 Å². The third kappa shape index (κ3) is 2.38. The van der Waals surface area contributed by atoms with Gasteiger partial charge in [-0.25, -0.2) is 0 Å². The molecule has 0 aromatic heterocycles. The smallest absolute Gasteiger partial charge is 0.228 e. The van der Waals surface area contributed by atoms with Crippen molar-refractivity contribution in [1.29, 1.82) is 0 Å². The lowest BCUT2D eigenvalue weighted by Crippen LogP contribution is -2.51. The van der Waals surface area contributed by atoms with E-state index in [1.807, 2.05) is 4.90 Å². The van der Waals surface area contributed by atoms with E-state index in [9.17, 15) is 4.79 Å². The molecule has 2 N–H and O–H groups in total. The number of piperidine rings is 1. The van der Waals surface area contributed by atoms with Crippen molar-refractivity contribution in [2.75, 3.05) is 26.3 Å². The number of carbonyl (C=O) groups is 1. The highest BCUT2D eigenvalue weighted by Crippen LogP contribution is 2.25. The fourth-order valence-corrected chi connectivity index (χ4v) is 2.73. The molecule has 4 nitrogen and oxygen atoms in total. The Balaban J connectivity index is 1.98. The van der Waals surface area contributed by atoms with E-state index in [-0.39, 0.29) is 17.9 Å². The number of nitrogens with two attached hydrogens (primary N) is 1. The molecule has 0 radical (unpaired) electrons. The molecule has 16 heavy (non-hydrogen) atoms. The van der Waals surface area contributed by atoms with Crippen molar-refractivity contribution in [3.8, 4) is 0 Å². The zero-order chi connectivity index (χ0) is 11.5. The molecule has 2 saturated heterocycles. The van der Waals surface area contributed by atoms with E-state index in [0.717, 1.165) is 32.4 Å². The monoisotopic (exact) mass is 226 g/mol. The van der Waals surface area contributed by atoms with E-state index in [1.165, 1.54) is 0 Å². The van der Waals surface area contributed by atoms with Crippen molar-refractivity contribution in [1.82, 2.24) is 4.90 Å². The third-order valence-corrected chi connectivity index (χ3v) is 3.81. The highest BCUT2D eigenvalue weighted by molar-refractivity contribution is 5.79. The Morgan fingerprint density at radius 1 is 1.50 bits per heavy atom. The number of nitrogens with zero attached hydrogens (tertiary/aromatic N) is 1. The van der Waals surface area contributed by atoms with E-state index in [1.54, 1.807) is 0 Å². The van der Waals surface area contributed by atoms with Crippen LogP contribution in [0.15, 0.2) is 0 Å². The number of likely N-dealkylation sites (tertiary alicyclic amines) is 1. The zero-order valence-corrected chi connectivity index (χ0v) is 10.0. The third-order valence-electron chi connectivity index (χ3n) is 3.81. The van der Waals surface area contributed by atoms with E-state index in [2.05, 4.69) is 6.92 Å². The predicted molar refractivity (Wildman–Crippen MR) is 61.9 cm³/mol. The Morgan fingerprint density at radius 3 is 2.94 bits per heavy atom. The fourth-order valence-electron chi connectivity index (χ4n) is 2.73. The molecule has 2 aliphatic rings. The number of amides is 1. The highest BCUT2D eigenvalue weighted by Gasteiger charge is 2.34. The highest BCUT2D eigenvalue weighted by atomic mass is 16.5. The minimum atomic E-state index is 0.0856. The lowest BCUT2D eigenvalue weighted by Gasteiger charge is -2.39. The molecule has 92 valence electrons. The normalized spacial score (nSPS) is 35.4. The zero-order valence-electron chi connectivity index (χ0n) is 10.0. The molecule has 0 aromatic carbocycles. The first kappa shape index (κ1) is 11.9. The fraction of sp³-hybridized carbons (Fsp3) is 0.917. The van der Waals surface area contributed by atoms with Crippen molar-refractivity contribution in [2.45, 2.75) is 32.2 Å². The summed E-state index contributed by atoms with van der Waals surface area (Å²) in [6, 6.07) is 0.247. The summed E-state index contributed by atoms with van der Waals surface area (Å²) in [4.78, 5) is 14.3. The topological polar surface area (TPSA) is 55.6 Å². The second-order valence-corrected chi connectivity index (χ2v) is 5.11. The van der Waals surface area contributed by atoms with Gasteiger partial charge in [0.15, 0.2) is 0 Å². The summed E-state index contributed by atoms with van der Waals surface area (Å²) < 4.78 is 5.28. The number of rotatable bonds is 2. The van der Waals surface area contributed by atoms with Gasteiger partial charge in [0.25, 0.3) is 0 Å². The van der Waals surface area contributed by atoms with Crippen molar-refractivity contribution >= 4 is 5.91 Å². The Labute approximate surface area is 97.1 Å². The van der Waals surface area contributed by atoms with Crippen LogP contribution in [-0.4, -0.2) is 43.2 Å². The summed E-state index contributed by atoms with van der Waals surface area (Å²) >= 11 is 0. The molecule has 0 bridgehead atoms. The summed E-state index contributed by atoms with van der Waals surface area (Å²) in [5.74, 6) is 1.04. The van der Waals surface area contributed by atoms with Crippen LogP contribution in [0.3, 0.4) is 0 Å². The van der Waals surface area contributed by atoms with Gasteiger partial charge in [0.2, 0.25) is 5.91 Å². The lowest BCUT2D eigenvalue weighted by atomic mass is 9.91. The standard InChI is InChI=1S/C12H22N2O2/c1-9-2-4-14(11(6-9)7-13)12(15)10-3-5-16-8-10/h9-11H,2-8,13H2,1H3. The van der Waals surface area contributed by atoms with Crippen molar-refractivity contribution in [2.24, 2.45) is 17.6 Å². The number of hydrogen-bond donors (Lipinski definition) is 1. The molecule has 2 fully saturated rings. The van der Waals surface area contributed by atoms with E-state index in [0.29, 0.717) is 19.1 Å². The van der Waals surface area contributed by atoms with Crippen LogP contribution in [0.25, 0.3) is 0 Å². The van der Waals surface area contributed by atoms with Crippen LogP contribution in [0.1, 0.15) is 26.2 Å². The molecule has 2 aliphatic heterocycles. The summed E-state index contributed by atoms with van der Waals surface area (Å²) in [6.45, 7) is 5.03. The van der Waals surface area contributed by atoms with Crippen LogP contribution < -0.4 is 5.73 Å². The molecular weight excluding hydrogens is 204 g/mol. The Bertz CT molecular complexity index is 251. The lowest BCUT2D eigenvalue weighted by molar-refractivity contribution is -0.139. The Morgan fingerprint density at radius 2 is 2.31 bits per heavy atom. The molecular formula is C12H22N2O2. The van der Waals surface area contributed by atoms with Crippen molar-refractivity contribution < 1.29 is 9.53 Å². The quantitative estimate of drug-likeness (QED) is 0.750. The molecule has 3 atom stereocenters. The molecule has 0 aromatic rings. The van der Waals surface area contributed by atoms with Crippen LogP contribution in [0.2, 0.25) is 0 Å². The van der Waals surface area contributed by atoms with Gasteiger partial charge in [0.1, 0.15) is 0 Å². The van der Waals surface area contributed by atoms with Gasteiger partial charge < -0.3 is 15.4 Å². The maximum absolute atomic E-state index is 12.3. The van der Waals surface area contributed by atoms with Gasteiger partial charge in [-0.3, -0.25) is 4.79 Å². The first-order chi connectivity index (χ1) is 7.72. The summed E-state index contributed by atoms with van der Waals surface area (Å²) in [5, 5.41) is 0. The first-order valence-electron chi connectivity index (χ1n) is 6.30. The number of ether oxygens (including phenoxy) is 1. The van der Waals surface area contributed by atoms with Gasteiger partial charge in [-0.15, -0.1) is 0 Å². The molecule has 0 spiro atoms. The van der Waals surface area contributed by atoms with Crippen molar-refractivity contribution in [3.63, 3.8) is 0 Å². The number of carbonyl (C=O) groups excluding carboxylic acids is 1. The van der Waals surface area contributed by atoms with E-state index < -0.39 is 0 Å². The van der Waals surface area contributed by atoms with Gasteiger partial charge in [0.05, 0.1) is 12.5 Å². The first-order valence-corrected chi connectivity index (χ1v) is 6.30. The van der Waals surface area contributed by atoms with E-state index in [4.69, 9.17) is 10.5 Å². The minimum absolute atomic E-state index is 0.0856. The van der Waals surface area contributed by atoms with Crippen LogP contribution >= 0.6 is 0 Å². The second-order valence-electron chi connectivity index (χ2n) is 5.11. The number of hydrogen-bond acceptors (Lipinski definition) is 3. The Hall–Kier alpha value is -0.610. The average molecular weight is 226 g/mol. The van der Waals surface area contributed by atoms with Gasteiger partial charge in [-0.1, -0.05) is 6.92 Å². The molecule has 2 rings (SSSR count). The minimum Gasteiger partial charge on any atom is -0.381 e. The summed E-state index contributed by atoms with van der Waals surface area (Å²) in [6.07, 6.45) is 3.04. The van der Waals surface area contributed by atoms with Gasteiger partial charge in [-0.2, -0.15) is 0 Å². The second kappa shape index (κ2) is 5.15. The van der Waals surface area contributed by atoms with Gasteiger partial charge >= 0.3 is 0 Å². The van der Waals surface area contributed by atoms with Gasteiger partial charge in [0, 0.05) is 25.7 Å². The molecule has 3 unspecified atom stereocenters. The maximum Gasteiger partial charge on any atom is 0.228 e. The van der Waals surface area contributed by atoms with E-state index >= 15 is 0 Å². The van der Waals surface area contributed by atoms with Crippen molar-refractivity contribution in [3.05, 3.63) is 0 Å². The molecule has 1 amide bonds. The summed E-state index contributed by atoms with van der Waals surface area (Å²) in [5.41, 5.74) is 5.77. The largest absolute Gasteiger partial charge is 0.381 e. The van der Waals surface area contributed by atoms with Gasteiger partial charge in [-0.05, 0) is 25.2 Å². The van der Waals surface area contributed by atoms with Crippen LogP contribution in [0.4, 0.5) is 0 Å². The molecule has 0 aliphatic carbocycles. The molecule has 0 saturated carbocycles. The molecule has 2 heterocycles.